The summed E-state index contributed by atoms with van der Waals surface area (Å²) in [4.78, 5) is 4.25. The van der Waals surface area contributed by atoms with Gasteiger partial charge in [-0.3, -0.25) is 9.67 Å². The van der Waals surface area contributed by atoms with Gasteiger partial charge in [0.1, 0.15) is 11.9 Å². The second-order valence-corrected chi connectivity index (χ2v) is 6.25. The van der Waals surface area contributed by atoms with Gasteiger partial charge in [-0.15, -0.1) is 24.0 Å². The molecule has 0 aliphatic rings. The van der Waals surface area contributed by atoms with E-state index < -0.39 is 0 Å². The second kappa shape index (κ2) is 11.8. The molecule has 2 aromatic rings. The number of ether oxygens (including phenoxy) is 1. The zero-order valence-corrected chi connectivity index (χ0v) is 18.4. The van der Waals surface area contributed by atoms with Crippen LogP contribution in [0.5, 0.6) is 5.75 Å². The Bertz CT molecular complexity index is 686. The Morgan fingerprint density at radius 3 is 2.81 bits per heavy atom. The first kappa shape index (κ1) is 22.3. The molecule has 1 unspecified atom stereocenters. The summed E-state index contributed by atoms with van der Waals surface area (Å²) in [6, 6.07) is 8.09. The molecule has 2 N–H and O–H groups in total. The third-order valence-corrected chi connectivity index (χ3v) is 3.80. The first-order valence-electron chi connectivity index (χ1n) is 8.72. The number of aliphatic imine (C=N–C) groups is 1. The van der Waals surface area contributed by atoms with Crippen molar-refractivity contribution in [2.24, 2.45) is 12.0 Å². The van der Waals surface area contributed by atoms with Crippen molar-refractivity contribution in [1.29, 1.82) is 0 Å². The van der Waals surface area contributed by atoms with E-state index in [0.717, 1.165) is 31.1 Å². The molecule has 0 spiro atoms. The maximum atomic E-state index is 5.92. The molecular formula is C19H30IN5O. The molecule has 0 bridgehead atoms. The number of nitrogens with one attached hydrogen (secondary N) is 2. The van der Waals surface area contributed by atoms with Gasteiger partial charge >= 0.3 is 0 Å². The molecule has 0 fully saturated rings. The maximum Gasteiger partial charge on any atom is 0.191 e. The van der Waals surface area contributed by atoms with Crippen molar-refractivity contribution in [3.8, 4) is 5.75 Å². The number of guanidine groups is 1. The molecule has 0 saturated carbocycles. The number of aryl methyl sites for hydroxylation is 3. The fourth-order valence-electron chi connectivity index (χ4n) is 2.52. The summed E-state index contributed by atoms with van der Waals surface area (Å²) in [5.41, 5.74) is 2.45. The third kappa shape index (κ3) is 8.07. The van der Waals surface area contributed by atoms with E-state index in [2.05, 4.69) is 39.9 Å². The van der Waals surface area contributed by atoms with Crippen LogP contribution in [0.1, 0.15) is 24.5 Å². The van der Waals surface area contributed by atoms with Crippen molar-refractivity contribution < 1.29 is 4.74 Å². The van der Waals surface area contributed by atoms with Crippen LogP contribution < -0.4 is 15.4 Å². The van der Waals surface area contributed by atoms with Gasteiger partial charge in [-0.1, -0.05) is 12.1 Å². The minimum Gasteiger partial charge on any atom is -0.489 e. The zero-order chi connectivity index (χ0) is 18.1. The van der Waals surface area contributed by atoms with E-state index in [1.807, 2.05) is 43.0 Å². The van der Waals surface area contributed by atoms with E-state index in [0.29, 0.717) is 6.54 Å². The summed E-state index contributed by atoms with van der Waals surface area (Å²) in [7, 11) is 3.72. The molecule has 144 valence electrons. The van der Waals surface area contributed by atoms with Crippen molar-refractivity contribution in [3.63, 3.8) is 0 Å². The van der Waals surface area contributed by atoms with Gasteiger partial charge in [0.25, 0.3) is 0 Å². The molecule has 2 rings (SSSR count). The smallest absolute Gasteiger partial charge is 0.191 e. The monoisotopic (exact) mass is 471 g/mol. The molecule has 1 heterocycles. The molecule has 1 atom stereocenters. The van der Waals surface area contributed by atoms with Gasteiger partial charge < -0.3 is 15.4 Å². The molecule has 0 aliphatic heterocycles. The van der Waals surface area contributed by atoms with Crippen molar-refractivity contribution in [2.45, 2.75) is 32.8 Å². The SMILES string of the molecule is CN=C(NCCCc1cnn(C)c1)NCC(C)Oc1cccc(C)c1.I. The van der Waals surface area contributed by atoms with Crippen LogP contribution in [0.2, 0.25) is 0 Å². The van der Waals surface area contributed by atoms with Crippen LogP contribution in [0.15, 0.2) is 41.7 Å². The van der Waals surface area contributed by atoms with Crippen LogP contribution in [0.25, 0.3) is 0 Å². The zero-order valence-electron chi connectivity index (χ0n) is 16.0. The highest BCUT2D eigenvalue weighted by Gasteiger charge is 2.06. The molecule has 7 heteroatoms. The lowest BCUT2D eigenvalue weighted by Crippen LogP contribution is -2.42. The van der Waals surface area contributed by atoms with Gasteiger partial charge in [0.15, 0.2) is 5.96 Å². The van der Waals surface area contributed by atoms with Crippen molar-refractivity contribution in [3.05, 3.63) is 47.8 Å². The largest absolute Gasteiger partial charge is 0.489 e. The summed E-state index contributed by atoms with van der Waals surface area (Å²) in [5.74, 6) is 1.69. The Kier molecular flexibility index (Phi) is 10.1. The highest BCUT2D eigenvalue weighted by atomic mass is 127. The standard InChI is InChI=1S/C19H29N5O.HI/c1-15-7-5-9-18(11-15)25-16(2)12-22-19(20-3)21-10-6-8-17-13-23-24(4)14-17;/h5,7,9,11,13-14,16H,6,8,10,12H2,1-4H3,(H2,20,21,22);1H. The topological polar surface area (TPSA) is 63.5 Å². The number of aromatic nitrogens is 2. The molecule has 1 aromatic carbocycles. The first-order chi connectivity index (χ1) is 12.1. The minimum atomic E-state index is 0. The van der Waals surface area contributed by atoms with Crippen LogP contribution in [0, 0.1) is 6.92 Å². The molecular weight excluding hydrogens is 441 g/mol. The van der Waals surface area contributed by atoms with Crippen molar-refractivity contribution in [2.75, 3.05) is 20.1 Å². The van der Waals surface area contributed by atoms with E-state index in [9.17, 15) is 0 Å². The van der Waals surface area contributed by atoms with Crippen LogP contribution in [0.3, 0.4) is 0 Å². The third-order valence-electron chi connectivity index (χ3n) is 3.80. The molecule has 6 nitrogen and oxygen atoms in total. The summed E-state index contributed by atoms with van der Waals surface area (Å²) in [6.07, 6.45) is 6.05. The lowest BCUT2D eigenvalue weighted by Gasteiger charge is -2.18. The van der Waals surface area contributed by atoms with E-state index in [1.165, 1.54) is 11.1 Å². The lowest BCUT2D eigenvalue weighted by atomic mass is 10.2. The Hall–Kier alpha value is -1.77. The summed E-state index contributed by atoms with van der Waals surface area (Å²) >= 11 is 0. The van der Waals surface area contributed by atoms with Gasteiger partial charge in [0, 0.05) is 26.8 Å². The second-order valence-electron chi connectivity index (χ2n) is 6.25. The molecule has 26 heavy (non-hydrogen) atoms. The molecule has 0 aliphatic carbocycles. The molecule has 0 saturated heterocycles. The lowest BCUT2D eigenvalue weighted by molar-refractivity contribution is 0.223. The number of hydrogen-bond donors (Lipinski definition) is 2. The van der Waals surface area contributed by atoms with Gasteiger partial charge in [0.2, 0.25) is 0 Å². The number of nitrogens with zero attached hydrogens (tertiary/aromatic N) is 3. The van der Waals surface area contributed by atoms with Gasteiger partial charge in [-0.05, 0) is 49.9 Å². The number of rotatable bonds is 8. The summed E-state index contributed by atoms with van der Waals surface area (Å²) in [6.45, 7) is 5.66. The first-order valence-corrected chi connectivity index (χ1v) is 8.72. The van der Waals surface area contributed by atoms with E-state index in [1.54, 1.807) is 7.05 Å². The van der Waals surface area contributed by atoms with Crippen molar-refractivity contribution >= 4 is 29.9 Å². The van der Waals surface area contributed by atoms with E-state index >= 15 is 0 Å². The quantitative estimate of drug-likeness (QED) is 0.269. The maximum absolute atomic E-state index is 5.92. The Balaban J connectivity index is 0.00000338. The fraction of sp³-hybridized carbons (Fsp3) is 0.474. The number of benzene rings is 1. The Morgan fingerprint density at radius 1 is 1.35 bits per heavy atom. The van der Waals surface area contributed by atoms with E-state index in [4.69, 9.17) is 4.74 Å². The summed E-state index contributed by atoms with van der Waals surface area (Å²) < 4.78 is 7.75. The number of hydrogen-bond acceptors (Lipinski definition) is 3. The average molecular weight is 471 g/mol. The molecule has 1 aromatic heterocycles. The highest BCUT2D eigenvalue weighted by molar-refractivity contribution is 14.0. The van der Waals surface area contributed by atoms with Gasteiger partial charge in [-0.25, -0.2) is 0 Å². The predicted octanol–water partition coefficient (Wildman–Crippen LogP) is 2.91. The van der Waals surface area contributed by atoms with Crippen LogP contribution in [-0.4, -0.2) is 42.0 Å². The highest BCUT2D eigenvalue weighted by Crippen LogP contribution is 2.13. The minimum absolute atomic E-state index is 0. The van der Waals surface area contributed by atoms with Crippen molar-refractivity contribution in [1.82, 2.24) is 20.4 Å². The Morgan fingerprint density at radius 2 is 2.15 bits per heavy atom. The number of halogens is 1. The average Bonchev–Trinajstić information content (AvgIpc) is 2.99. The van der Waals surface area contributed by atoms with Gasteiger partial charge in [-0.2, -0.15) is 5.10 Å². The van der Waals surface area contributed by atoms with Crippen LogP contribution in [0.4, 0.5) is 0 Å². The normalized spacial score (nSPS) is 12.2. The fourth-order valence-corrected chi connectivity index (χ4v) is 2.52. The van der Waals surface area contributed by atoms with Gasteiger partial charge in [0.05, 0.1) is 12.7 Å². The summed E-state index contributed by atoms with van der Waals surface area (Å²) in [5, 5.41) is 10.8. The molecule has 0 radical (unpaired) electrons. The Labute approximate surface area is 173 Å². The van der Waals surface area contributed by atoms with Crippen LogP contribution >= 0.6 is 24.0 Å². The van der Waals surface area contributed by atoms with Crippen LogP contribution in [-0.2, 0) is 13.5 Å². The molecule has 0 amide bonds. The predicted molar refractivity (Wildman–Crippen MR) is 118 cm³/mol. The van der Waals surface area contributed by atoms with E-state index in [-0.39, 0.29) is 30.1 Å².